The van der Waals surface area contributed by atoms with Crippen molar-refractivity contribution < 1.29 is 48.6 Å². The molecule has 4 rings (SSSR count). The van der Waals surface area contributed by atoms with Crippen molar-refractivity contribution in [2.45, 2.75) is 142 Å². The lowest BCUT2D eigenvalue weighted by molar-refractivity contribution is -0.301. The molecule has 2 aromatic rings. The van der Waals surface area contributed by atoms with Crippen LogP contribution in [-0.4, -0.2) is 119 Å². The van der Waals surface area contributed by atoms with Gasteiger partial charge in [-0.25, -0.2) is 4.79 Å². The molecule has 0 aliphatic carbocycles. The monoisotopic (exact) mass is 758 g/mol. The Kier molecular flexibility index (Phi) is 15.1. The summed E-state index contributed by atoms with van der Waals surface area (Å²) >= 11 is 0. The Balaban J connectivity index is 1.63. The van der Waals surface area contributed by atoms with E-state index in [1.54, 1.807) is 27.0 Å². The average molecular weight is 759 g/mol. The molecule has 14 atom stereocenters. The molecule has 12 nitrogen and oxygen atoms in total. The normalized spacial score (nSPS) is 38.8. The Bertz CT molecular complexity index is 1540. The standard InChI is InChI=1S/C42H66N2O10/c1-12-34-42(8,49)31(17-18-51-39(48)30-21-29-15-13-14-16-32(29)43-23-30)25(3)19-24(2)22-41(7,50-11)37(27(5)35(45)28(6)38(47)53-34)54-40-36(46)33(44(9)10)20-26(4)52-40/h13-16,21,23-28,31,33-37,40,45-46,49H,12,17-20,22H2,1-11H3/t24-,25?,26+,27+,28+,31-,33-,34+,35-,36+,37+,40-,41+,42-/m0/s1. The molecule has 1 unspecified atom stereocenters. The predicted molar refractivity (Wildman–Crippen MR) is 206 cm³/mol. The summed E-state index contributed by atoms with van der Waals surface area (Å²) in [4.78, 5) is 33.3. The topological polar surface area (TPSA) is 157 Å². The minimum atomic E-state index is -1.49. The number of para-hydroxylation sites is 1. The third kappa shape index (κ3) is 9.99. The third-order valence-electron chi connectivity index (χ3n) is 12.3. The molecule has 0 radical (unpaired) electrons. The number of aliphatic hydroxyl groups is 3. The number of hydrogen-bond acceptors (Lipinski definition) is 12. The molecular formula is C42H66N2O10. The number of benzene rings is 1. The molecule has 2 aliphatic rings. The second-order valence-corrected chi connectivity index (χ2v) is 16.8. The molecule has 3 N–H and O–H groups in total. The first-order chi connectivity index (χ1) is 25.3. The molecular weight excluding hydrogens is 692 g/mol. The van der Waals surface area contributed by atoms with Crippen LogP contribution >= 0.6 is 0 Å². The zero-order chi connectivity index (χ0) is 40.1. The van der Waals surface area contributed by atoms with Crippen molar-refractivity contribution in [1.29, 1.82) is 0 Å². The molecule has 0 spiro atoms. The number of hydrogen-bond donors (Lipinski definition) is 3. The van der Waals surface area contributed by atoms with Gasteiger partial charge in [0.05, 0.1) is 47.5 Å². The molecule has 12 heteroatoms. The SMILES string of the molecule is CC[C@H]1OC(=O)[C@H](C)[C@@H](O)[C@@H](C)[C@@H](O[C@@H]2O[C@H](C)C[C@H](N(C)C)[C@H]2O)[C@](C)(OC)C[C@@H](C)CC(C)[C@H](CCOC(=O)c2cnc3ccccc3c2)[C@]1(C)O. The van der Waals surface area contributed by atoms with E-state index < -0.39 is 71.6 Å². The van der Waals surface area contributed by atoms with Crippen LogP contribution in [0.5, 0.6) is 0 Å². The summed E-state index contributed by atoms with van der Waals surface area (Å²) < 4.78 is 31.0. The molecule has 0 amide bonds. The van der Waals surface area contributed by atoms with Gasteiger partial charge in [-0.05, 0) is 104 Å². The second-order valence-electron chi connectivity index (χ2n) is 16.8. The highest BCUT2D eigenvalue weighted by Gasteiger charge is 2.50. The highest BCUT2D eigenvalue weighted by molar-refractivity contribution is 5.93. The minimum absolute atomic E-state index is 0.0264. The van der Waals surface area contributed by atoms with Gasteiger partial charge in [0.1, 0.15) is 17.8 Å². The molecule has 2 aliphatic heterocycles. The number of carbonyl (C=O) groups is 2. The maximum Gasteiger partial charge on any atom is 0.339 e. The van der Waals surface area contributed by atoms with Gasteiger partial charge in [-0.2, -0.15) is 0 Å². The van der Waals surface area contributed by atoms with Crippen LogP contribution in [0.4, 0.5) is 0 Å². The summed E-state index contributed by atoms with van der Waals surface area (Å²) in [5.41, 5.74) is -1.37. The highest BCUT2D eigenvalue weighted by atomic mass is 16.7. The lowest BCUT2D eigenvalue weighted by Gasteiger charge is -2.48. The number of cyclic esters (lactones) is 1. The Morgan fingerprint density at radius 2 is 1.74 bits per heavy atom. The summed E-state index contributed by atoms with van der Waals surface area (Å²) in [6, 6.07) is 9.08. The van der Waals surface area contributed by atoms with Gasteiger partial charge >= 0.3 is 11.9 Å². The minimum Gasteiger partial charge on any atom is -0.462 e. The zero-order valence-electron chi connectivity index (χ0n) is 34.2. The van der Waals surface area contributed by atoms with Crippen LogP contribution in [0.25, 0.3) is 10.9 Å². The van der Waals surface area contributed by atoms with E-state index in [0.717, 1.165) is 10.9 Å². The number of carbonyl (C=O) groups excluding carboxylic acids is 2. The quantitative estimate of drug-likeness (QED) is 0.281. The Morgan fingerprint density at radius 3 is 2.39 bits per heavy atom. The fourth-order valence-electron chi connectivity index (χ4n) is 9.09. The number of fused-ring (bicyclic) bond motifs is 1. The number of ether oxygens (including phenoxy) is 5. The highest BCUT2D eigenvalue weighted by Crippen LogP contribution is 2.42. The van der Waals surface area contributed by atoms with E-state index >= 15 is 0 Å². The van der Waals surface area contributed by atoms with E-state index in [0.29, 0.717) is 37.7 Å². The molecule has 54 heavy (non-hydrogen) atoms. The Morgan fingerprint density at radius 1 is 1.06 bits per heavy atom. The first-order valence-electron chi connectivity index (χ1n) is 19.7. The summed E-state index contributed by atoms with van der Waals surface area (Å²) in [6.07, 6.45) is -1.15. The van der Waals surface area contributed by atoms with Crippen LogP contribution in [0, 0.1) is 29.6 Å². The average Bonchev–Trinajstić information content (AvgIpc) is 3.13. The lowest BCUT2D eigenvalue weighted by atomic mass is 9.70. The van der Waals surface area contributed by atoms with E-state index in [9.17, 15) is 24.9 Å². The molecule has 1 aromatic heterocycles. The summed E-state index contributed by atoms with van der Waals surface area (Å²) in [7, 11) is 5.42. The first-order valence-corrected chi connectivity index (χ1v) is 19.7. The second kappa shape index (κ2) is 18.5. The number of nitrogens with zero attached hydrogens (tertiary/aromatic N) is 2. The fraction of sp³-hybridized carbons (Fsp3) is 0.738. The molecule has 2 fully saturated rings. The van der Waals surface area contributed by atoms with Gasteiger partial charge in [-0.3, -0.25) is 9.78 Å². The summed E-state index contributed by atoms with van der Waals surface area (Å²) in [6.45, 7) is 15.0. The number of esters is 2. The van der Waals surface area contributed by atoms with Gasteiger partial charge in [0, 0.05) is 30.7 Å². The summed E-state index contributed by atoms with van der Waals surface area (Å²) in [5.74, 6) is -3.34. The van der Waals surface area contributed by atoms with Crippen molar-refractivity contribution in [3.8, 4) is 0 Å². The van der Waals surface area contributed by atoms with Crippen molar-refractivity contribution >= 4 is 22.8 Å². The van der Waals surface area contributed by atoms with Gasteiger partial charge in [0.25, 0.3) is 0 Å². The van der Waals surface area contributed by atoms with E-state index in [1.165, 1.54) is 6.20 Å². The van der Waals surface area contributed by atoms with Gasteiger partial charge in [0.2, 0.25) is 0 Å². The number of aliphatic hydroxyl groups excluding tert-OH is 2. The van der Waals surface area contributed by atoms with Crippen LogP contribution in [0.3, 0.4) is 0 Å². The first kappa shape index (κ1) is 44.0. The number of methoxy groups -OCH3 is 1. The van der Waals surface area contributed by atoms with Crippen molar-refractivity contribution in [2.24, 2.45) is 29.6 Å². The van der Waals surface area contributed by atoms with Crippen LogP contribution in [-0.2, 0) is 28.5 Å². The fourth-order valence-corrected chi connectivity index (χ4v) is 9.09. The van der Waals surface area contributed by atoms with Crippen LogP contribution in [0.2, 0.25) is 0 Å². The van der Waals surface area contributed by atoms with Gasteiger partial charge in [-0.1, -0.05) is 45.9 Å². The van der Waals surface area contributed by atoms with E-state index in [4.69, 9.17) is 23.7 Å². The van der Waals surface area contributed by atoms with Crippen LogP contribution in [0.1, 0.15) is 97.9 Å². The Hall–Kier alpha value is -2.71. The number of rotatable bonds is 9. The number of likely N-dealkylation sites (N-methyl/N-ethyl adjacent to an activating group) is 1. The largest absolute Gasteiger partial charge is 0.462 e. The van der Waals surface area contributed by atoms with Crippen molar-refractivity contribution in [3.05, 3.63) is 42.1 Å². The number of pyridine rings is 1. The maximum absolute atomic E-state index is 13.8. The van der Waals surface area contributed by atoms with Crippen LogP contribution in [0.15, 0.2) is 36.5 Å². The van der Waals surface area contributed by atoms with Crippen LogP contribution < -0.4 is 0 Å². The molecule has 0 bridgehead atoms. The summed E-state index contributed by atoms with van der Waals surface area (Å²) in [5, 5.41) is 36.4. The molecule has 1 aromatic carbocycles. The molecule has 0 saturated carbocycles. The predicted octanol–water partition coefficient (Wildman–Crippen LogP) is 5.39. The molecule has 3 heterocycles. The van der Waals surface area contributed by atoms with Gasteiger partial charge < -0.3 is 43.9 Å². The molecule has 304 valence electrons. The van der Waals surface area contributed by atoms with Crippen molar-refractivity contribution in [3.63, 3.8) is 0 Å². The van der Waals surface area contributed by atoms with E-state index in [2.05, 4.69) is 18.8 Å². The van der Waals surface area contributed by atoms with Gasteiger partial charge in [0.15, 0.2) is 6.29 Å². The van der Waals surface area contributed by atoms with E-state index in [1.807, 2.05) is 71.0 Å². The number of aromatic nitrogens is 1. The molecule has 2 saturated heterocycles. The van der Waals surface area contributed by atoms with Crippen molar-refractivity contribution in [1.82, 2.24) is 9.88 Å². The maximum atomic E-state index is 13.8. The Labute approximate surface area is 321 Å². The third-order valence-corrected chi connectivity index (χ3v) is 12.3. The van der Waals surface area contributed by atoms with Crippen molar-refractivity contribution in [2.75, 3.05) is 27.8 Å². The smallest absolute Gasteiger partial charge is 0.339 e. The lowest BCUT2D eigenvalue weighted by Crippen LogP contribution is -2.59. The van der Waals surface area contributed by atoms with Gasteiger partial charge in [-0.15, -0.1) is 0 Å². The zero-order valence-corrected chi connectivity index (χ0v) is 34.2. The van der Waals surface area contributed by atoms with E-state index in [-0.39, 0.29) is 30.6 Å².